The lowest BCUT2D eigenvalue weighted by Crippen LogP contribution is -2.33. The summed E-state index contributed by atoms with van der Waals surface area (Å²) in [7, 11) is 0. The van der Waals surface area contributed by atoms with E-state index in [1.54, 1.807) is 0 Å². The molecule has 3 fully saturated rings. The Morgan fingerprint density at radius 1 is 1.37 bits per heavy atom. The van der Waals surface area contributed by atoms with Crippen molar-refractivity contribution in [2.24, 2.45) is 5.92 Å². The fourth-order valence-electron chi connectivity index (χ4n) is 4.37. The van der Waals surface area contributed by atoms with Crippen molar-refractivity contribution >= 4 is 11.9 Å². The molecular formula is C21H28O6. The zero-order valence-electron chi connectivity index (χ0n) is 16.4. The van der Waals surface area contributed by atoms with Gasteiger partial charge in [-0.15, -0.1) is 0 Å². The van der Waals surface area contributed by atoms with Gasteiger partial charge in [0.1, 0.15) is 23.9 Å². The smallest absolute Gasteiger partial charge is 0.334 e. The van der Waals surface area contributed by atoms with Crippen molar-refractivity contribution in [2.45, 2.75) is 89.0 Å². The fourth-order valence-corrected chi connectivity index (χ4v) is 4.37. The minimum absolute atomic E-state index is 0.0699. The first kappa shape index (κ1) is 18.7. The molecule has 0 N–H and O–H groups in total. The van der Waals surface area contributed by atoms with E-state index >= 15 is 0 Å². The van der Waals surface area contributed by atoms with Gasteiger partial charge in [0.05, 0.1) is 18.1 Å². The van der Waals surface area contributed by atoms with Crippen LogP contribution in [0.15, 0.2) is 23.8 Å². The molecule has 6 heteroatoms. The highest BCUT2D eigenvalue weighted by Gasteiger charge is 2.62. The Labute approximate surface area is 159 Å². The summed E-state index contributed by atoms with van der Waals surface area (Å²) >= 11 is 0. The monoisotopic (exact) mass is 376 g/mol. The number of esters is 2. The molecule has 148 valence electrons. The predicted octanol–water partition coefficient (Wildman–Crippen LogP) is 2.85. The van der Waals surface area contributed by atoms with Crippen LogP contribution in [0, 0.1) is 5.92 Å². The van der Waals surface area contributed by atoms with Crippen LogP contribution in [0.5, 0.6) is 0 Å². The Kier molecular flexibility index (Phi) is 4.27. The molecule has 0 radical (unpaired) electrons. The van der Waals surface area contributed by atoms with Gasteiger partial charge < -0.3 is 18.9 Å². The van der Waals surface area contributed by atoms with Gasteiger partial charge in [-0.2, -0.15) is 0 Å². The third-order valence-electron chi connectivity index (χ3n) is 6.69. The molecule has 0 bridgehead atoms. The Morgan fingerprint density at radius 3 is 2.74 bits per heavy atom. The number of rotatable bonds is 3. The quantitative estimate of drug-likeness (QED) is 0.326. The molecule has 4 aliphatic rings. The van der Waals surface area contributed by atoms with Gasteiger partial charge in [-0.05, 0) is 52.5 Å². The van der Waals surface area contributed by atoms with Crippen molar-refractivity contribution in [1.82, 2.24) is 0 Å². The van der Waals surface area contributed by atoms with Crippen molar-refractivity contribution in [3.63, 3.8) is 0 Å². The molecule has 0 aromatic heterocycles. The van der Waals surface area contributed by atoms with Gasteiger partial charge in [0, 0.05) is 11.5 Å². The van der Waals surface area contributed by atoms with Crippen LogP contribution in [-0.4, -0.2) is 47.6 Å². The van der Waals surface area contributed by atoms with Crippen LogP contribution in [0.25, 0.3) is 0 Å². The highest BCUT2D eigenvalue weighted by Crippen LogP contribution is 2.50. The van der Waals surface area contributed by atoms with Gasteiger partial charge in [-0.1, -0.05) is 12.7 Å². The zero-order chi connectivity index (χ0) is 19.6. The van der Waals surface area contributed by atoms with E-state index in [0.717, 1.165) is 18.4 Å². The second-order valence-corrected chi connectivity index (χ2v) is 8.80. The van der Waals surface area contributed by atoms with Crippen LogP contribution < -0.4 is 0 Å². The fraction of sp³-hybridized carbons (Fsp3) is 0.714. The van der Waals surface area contributed by atoms with Crippen molar-refractivity contribution in [3.05, 3.63) is 23.8 Å². The summed E-state index contributed by atoms with van der Waals surface area (Å²) < 4.78 is 22.8. The molecule has 1 aliphatic carbocycles. The number of carbonyl (C=O) groups excluding carboxylic acids is 2. The second kappa shape index (κ2) is 6.17. The van der Waals surface area contributed by atoms with Crippen LogP contribution in [0.4, 0.5) is 0 Å². The number of ether oxygens (including phenoxy) is 4. The van der Waals surface area contributed by atoms with Gasteiger partial charge in [0.15, 0.2) is 0 Å². The van der Waals surface area contributed by atoms with Gasteiger partial charge in [-0.25, -0.2) is 4.79 Å². The van der Waals surface area contributed by atoms with Crippen molar-refractivity contribution in [1.29, 1.82) is 0 Å². The van der Waals surface area contributed by atoms with Gasteiger partial charge >= 0.3 is 11.9 Å². The van der Waals surface area contributed by atoms with E-state index in [1.807, 2.05) is 20.8 Å². The van der Waals surface area contributed by atoms with Crippen molar-refractivity contribution < 1.29 is 28.5 Å². The summed E-state index contributed by atoms with van der Waals surface area (Å²) in [5.74, 6) is -0.867. The first-order valence-electron chi connectivity index (χ1n) is 9.74. The lowest BCUT2D eigenvalue weighted by molar-refractivity contribution is -0.150. The summed E-state index contributed by atoms with van der Waals surface area (Å²) in [5, 5.41) is 0. The lowest BCUT2D eigenvalue weighted by atomic mass is 9.83. The SMILES string of the molecule is C=C1C(=O)O[C@@H]2[C@H]3O[C@]3(C)CC/C=C(/C)[C@@H](OC(=O)CC3(C)OC3C)C[C@@H]12. The van der Waals surface area contributed by atoms with E-state index in [1.165, 1.54) is 0 Å². The Hall–Kier alpha value is -1.66. The summed E-state index contributed by atoms with van der Waals surface area (Å²) in [6.07, 6.45) is 3.68. The van der Waals surface area contributed by atoms with E-state index in [2.05, 4.69) is 19.6 Å². The molecular weight excluding hydrogens is 348 g/mol. The van der Waals surface area contributed by atoms with E-state index in [4.69, 9.17) is 18.9 Å². The molecule has 6 nitrogen and oxygen atoms in total. The highest BCUT2D eigenvalue weighted by atomic mass is 16.6. The maximum Gasteiger partial charge on any atom is 0.334 e. The number of allylic oxidation sites excluding steroid dienone is 1. The second-order valence-electron chi connectivity index (χ2n) is 8.80. The summed E-state index contributed by atoms with van der Waals surface area (Å²) in [4.78, 5) is 24.6. The largest absolute Gasteiger partial charge is 0.458 e. The van der Waals surface area contributed by atoms with E-state index in [-0.39, 0.29) is 48.2 Å². The number of hydrogen-bond donors (Lipinski definition) is 0. The number of epoxide rings is 2. The number of carbonyl (C=O) groups is 2. The predicted molar refractivity (Wildman–Crippen MR) is 96.8 cm³/mol. The number of fused-ring (bicyclic) bond motifs is 3. The molecule has 27 heavy (non-hydrogen) atoms. The average Bonchev–Trinajstić information content (AvgIpc) is 3.39. The molecule has 0 spiro atoms. The molecule has 0 aromatic carbocycles. The average molecular weight is 376 g/mol. The van der Waals surface area contributed by atoms with Crippen molar-refractivity contribution in [2.75, 3.05) is 0 Å². The number of hydrogen-bond acceptors (Lipinski definition) is 6. The molecule has 2 unspecified atom stereocenters. The highest BCUT2D eigenvalue weighted by molar-refractivity contribution is 5.91. The normalized spacial score (nSPS) is 47.9. The maximum absolute atomic E-state index is 12.5. The molecule has 0 aromatic rings. The molecule has 3 saturated heterocycles. The Morgan fingerprint density at radius 2 is 2.07 bits per heavy atom. The summed E-state index contributed by atoms with van der Waals surface area (Å²) in [6, 6.07) is 0. The maximum atomic E-state index is 12.5. The minimum atomic E-state index is -0.424. The molecule has 7 atom stereocenters. The standard InChI is InChI=1S/C21H28O6/c1-11-7-6-8-20(4)18(27-20)17-14(12(2)19(23)25-17)9-15(11)24-16(22)10-21(5)13(3)26-21/h7,13-15,17-18H,2,6,8-10H2,1,3-5H3/b11-7-/t13?,14-,15-,17-,18+,20+,21?/m0/s1. The molecule has 0 saturated carbocycles. The van der Waals surface area contributed by atoms with Crippen LogP contribution >= 0.6 is 0 Å². The van der Waals surface area contributed by atoms with Crippen molar-refractivity contribution in [3.8, 4) is 0 Å². The third-order valence-corrected chi connectivity index (χ3v) is 6.69. The van der Waals surface area contributed by atoms with Gasteiger partial charge in [-0.3, -0.25) is 4.79 Å². The van der Waals surface area contributed by atoms with Crippen LogP contribution in [0.3, 0.4) is 0 Å². The van der Waals surface area contributed by atoms with Crippen LogP contribution in [-0.2, 0) is 28.5 Å². The minimum Gasteiger partial charge on any atom is -0.458 e. The third kappa shape index (κ3) is 3.34. The Bertz CT molecular complexity index is 726. The Balaban J connectivity index is 1.53. The molecule has 0 amide bonds. The molecule has 3 heterocycles. The van der Waals surface area contributed by atoms with Crippen LogP contribution in [0.1, 0.15) is 53.4 Å². The molecule has 3 aliphatic heterocycles. The summed E-state index contributed by atoms with van der Waals surface area (Å²) in [6.45, 7) is 11.8. The van der Waals surface area contributed by atoms with Crippen LogP contribution in [0.2, 0.25) is 0 Å². The molecule has 4 rings (SSSR count). The lowest BCUT2D eigenvalue weighted by Gasteiger charge is -2.26. The van der Waals surface area contributed by atoms with Gasteiger partial charge in [0.2, 0.25) is 0 Å². The van der Waals surface area contributed by atoms with E-state index in [9.17, 15) is 9.59 Å². The summed E-state index contributed by atoms with van der Waals surface area (Å²) in [5.41, 5.74) is 0.750. The first-order valence-corrected chi connectivity index (χ1v) is 9.74. The van der Waals surface area contributed by atoms with E-state index < -0.39 is 11.7 Å². The van der Waals surface area contributed by atoms with Gasteiger partial charge in [0.25, 0.3) is 0 Å². The first-order chi connectivity index (χ1) is 12.6. The zero-order valence-corrected chi connectivity index (χ0v) is 16.4. The topological polar surface area (TPSA) is 77.7 Å². The van der Waals surface area contributed by atoms with E-state index in [0.29, 0.717) is 12.0 Å².